The van der Waals surface area contributed by atoms with Crippen LogP contribution in [-0.2, 0) is 13.4 Å². The first kappa shape index (κ1) is 14.7. The molecular weight excluding hydrogens is 330 g/mol. The number of fused-ring (bicyclic) bond motifs is 2. The molecule has 2 heterocycles. The smallest absolute Gasteiger partial charge is 0.216 e. The highest BCUT2D eigenvalue weighted by Gasteiger charge is 2.39. The molecule has 1 fully saturated rings. The maximum atomic E-state index is 8.86. The fraction of sp³-hybridized carbons (Fsp3) is 0.400. The lowest BCUT2D eigenvalue weighted by molar-refractivity contribution is -0.633. The van der Waals surface area contributed by atoms with Crippen LogP contribution in [0, 0.1) is 6.92 Å². The number of pyridine rings is 1. The second kappa shape index (κ2) is 6.37. The van der Waals surface area contributed by atoms with Gasteiger partial charge in [-0.3, -0.25) is 0 Å². The molecule has 1 aromatic heterocycles. The minimum atomic E-state index is -1.37. The van der Waals surface area contributed by atoms with Gasteiger partial charge in [0.1, 0.15) is 18.4 Å². The van der Waals surface area contributed by atoms with E-state index in [0.29, 0.717) is 12.0 Å². The average molecular weight is 361 g/mol. The Balaban J connectivity index is 1.75. The van der Waals surface area contributed by atoms with E-state index >= 15 is 0 Å². The maximum Gasteiger partial charge on any atom is 0.216 e. The van der Waals surface area contributed by atoms with Gasteiger partial charge < -0.3 is 4.74 Å². The molecule has 5 rings (SSSR count). The summed E-state index contributed by atoms with van der Waals surface area (Å²) in [5.74, 6) is 0.758. The Bertz CT molecular complexity index is 1100. The molecule has 2 aliphatic rings. The third-order valence-corrected chi connectivity index (χ3v) is 6.39. The maximum absolute atomic E-state index is 8.86. The Kier molecular flexibility index (Phi) is 3.46. The molecule has 0 unspecified atom stereocenters. The van der Waals surface area contributed by atoms with Crippen molar-refractivity contribution >= 4 is 10.9 Å². The van der Waals surface area contributed by atoms with E-state index in [1.807, 2.05) is 12.1 Å². The van der Waals surface area contributed by atoms with Crippen molar-refractivity contribution in [2.24, 2.45) is 7.05 Å². The van der Waals surface area contributed by atoms with Crippen LogP contribution in [0.5, 0.6) is 5.75 Å². The van der Waals surface area contributed by atoms with Crippen LogP contribution in [0.2, 0.25) is 0 Å². The van der Waals surface area contributed by atoms with Gasteiger partial charge in [0.25, 0.3) is 0 Å². The van der Waals surface area contributed by atoms with E-state index in [2.05, 4.69) is 54.9 Å². The fourth-order valence-corrected chi connectivity index (χ4v) is 4.82. The van der Waals surface area contributed by atoms with Crippen LogP contribution < -0.4 is 9.30 Å². The van der Waals surface area contributed by atoms with Gasteiger partial charge in [-0.05, 0) is 68.7 Å². The molecular formula is C25H28NO+. The van der Waals surface area contributed by atoms with Crippen molar-refractivity contribution in [1.82, 2.24) is 0 Å². The number of para-hydroxylation sites is 1. The van der Waals surface area contributed by atoms with Crippen molar-refractivity contribution in [3.63, 3.8) is 0 Å². The third-order valence-electron chi connectivity index (χ3n) is 6.39. The van der Waals surface area contributed by atoms with Gasteiger partial charge in [0.2, 0.25) is 11.2 Å². The minimum Gasteiger partial charge on any atom is -0.486 e. The van der Waals surface area contributed by atoms with Crippen molar-refractivity contribution in [3.8, 4) is 17.0 Å². The zero-order valence-electron chi connectivity index (χ0n) is 18.2. The Morgan fingerprint density at radius 3 is 2.63 bits per heavy atom. The molecule has 0 bridgehead atoms. The number of hydrogen-bond acceptors (Lipinski definition) is 1. The molecule has 2 heteroatoms. The lowest BCUT2D eigenvalue weighted by Crippen LogP contribution is -2.42. The molecule has 2 nitrogen and oxygen atoms in total. The van der Waals surface area contributed by atoms with E-state index in [4.69, 9.17) is 7.48 Å². The lowest BCUT2D eigenvalue weighted by atomic mass is 9.78. The summed E-state index contributed by atoms with van der Waals surface area (Å²) in [5.41, 5.74) is 4.71. The van der Waals surface area contributed by atoms with Gasteiger partial charge in [0.05, 0.1) is 5.56 Å². The lowest BCUT2D eigenvalue weighted by Gasteiger charge is -2.42. The quantitative estimate of drug-likeness (QED) is 0.510. The van der Waals surface area contributed by atoms with Gasteiger partial charge in [-0.25, -0.2) is 0 Å². The predicted octanol–water partition coefficient (Wildman–Crippen LogP) is 5.67. The summed E-state index contributed by atoms with van der Waals surface area (Å²) in [7, 11) is 2.09. The number of nitrogens with zero attached hydrogens (tertiary/aromatic N) is 1. The predicted molar refractivity (Wildman–Crippen MR) is 110 cm³/mol. The normalized spacial score (nSPS) is 21.3. The molecule has 0 amide bonds. The molecule has 0 N–H and O–H groups in total. The van der Waals surface area contributed by atoms with Gasteiger partial charge in [-0.15, -0.1) is 0 Å². The van der Waals surface area contributed by atoms with Crippen molar-refractivity contribution in [3.05, 3.63) is 59.7 Å². The number of hydrogen-bond donors (Lipinski definition) is 0. The van der Waals surface area contributed by atoms with Crippen LogP contribution in [-0.4, -0.2) is 5.60 Å². The summed E-state index contributed by atoms with van der Waals surface area (Å²) >= 11 is 0. The molecule has 1 aliphatic carbocycles. The van der Waals surface area contributed by atoms with Gasteiger partial charge in [0, 0.05) is 20.3 Å². The van der Waals surface area contributed by atoms with E-state index < -0.39 is 6.37 Å². The first-order chi connectivity index (χ1) is 13.9. The number of benzene rings is 2. The highest BCUT2D eigenvalue weighted by atomic mass is 16.5. The van der Waals surface area contributed by atoms with Crippen LogP contribution in [0.15, 0.2) is 48.5 Å². The van der Waals surface area contributed by atoms with Crippen LogP contribution in [0.4, 0.5) is 0 Å². The van der Waals surface area contributed by atoms with Crippen LogP contribution in [0.1, 0.15) is 52.4 Å². The standard InChI is InChI=1S/C25H28NO/c1-18-10-11-20-14-17-25(15-6-3-7-16-25)27-24(20)23(18)22-13-12-19-8-4-5-9-21(19)26(22)2/h4-5,8-13H,3,6-7,14-17H2,1-2H3/q+1/i14D2. The summed E-state index contributed by atoms with van der Waals surface area (Å²) < 4.78 is 26.7. The van der Waals surface area contributed by atoms with Crippen molar-refractivity contribution in [1.29, 1.82) is 0 Å². The Morgan fingerprint density at radius 1 is 0.963 bits per heavy atom. The topological polar surface area (TPSA) is 13.1 Å². The van der Waals surface area contributed by atoms with Crippen molar-refractivity contribution in [2.75, 3.05) is 0 Å². The number of aryl methyl sites for hydroxylation is 3. The molecule has 0 saturated heterocycles. The second-order valence-corrected chi connectivity index (χ2v) is 8.17. The van der Waals surface area contributed by atoms with E-state index in [1.54, 1.807) is 0 Å². The molecule has 1 aliphatic heterocycles. The summed E-state index contributed by atoms with van der Waals surface area (Å²) in [6.45, 7) is 2.10. The monoisotopic (exact) mass is 360 g/mol. The number of ether oxygens (including phenoxy) is 1. The molecule has 138 valence electrons. The zero-order valence-corrected chi connectivity index (χ0v) is 16.2. The minimum absolute atomic E-state index is 0.368. The Labute approximate surface area is 164 Å². The summed E-state index contributed by atoms with van der Waals surface area (Å²) in [5, 5.41) is 1.20. The van der Waals surface area contributed by atoms with Gasteiger partial charge in [-0.2, -0.15) is 4.57 Å². The molecule has 2 aromatic carbocycles. The van der Waals surface area contributed by atoms with Crippen LogP contribution in [0.25, 0.3) is 22.2 Å². The SMILES string of the molecule is [2H]C1([2H])CC2(CCCCC2)Oc2c1ccc(C)c2-c1ccc2ccccc2[n+]1C. The van der Waals surface area contributed by atoms with E-state index in [-0.39, 0.29) is 5.60 Å². The van der Waals surface area contributed by atoms with Crippen LogP contribution in [0.3, 0.4) is 0 Å². The highest BCUT2D eigenvalue weighted by Crippen LogP contribution is 2.46. The van der Waals surface area contributed by atoms with Crippen molar-refractivity contribution in [2.45, 2.75) is 57.4 Å². The van der Waals surface area contributed by atoms with Gasteiger partial charge >= 0.3 is 0 Å². The fourth-order valence-electron chi connectivity index (χ4n) is 4.82. The van der Waals surface area contributed by atoms with Gasteiger partial charge in [-0.1, -0.05) is 30.7 Å². The number of rotatable bonds is 1. The van der Waals surface area contributed by atoms with E-state index in [0.717, 1.165) is 53.8 Å². The Morgan fingerprint density at radius 2 is 1.78 bits per heavy atom. The van der Waals surface area contributed by atoms with Gasteiger partial charge in [0.15, 0.2) is 0 Å². The summed E-state index contributed by atoms with van der Waals surface area (Å²) in [6, 6.07) is 16.6. The molecule has 0 radical (unpaired) electrons. The average Bonchev–Trinajstić information content (AvgIpc) is 2.69. The second-order valence-electron chi connectivity index (χ2n) is 8.17. The van der Waals surface area contributed by atoms with E-state index in [1.165, 1.54) is 11.8 Å². The summed E-state index contributed by atoms with van der Waals surface area (Å²) in [6.07, 6.45) is 4.45. The molecule has 1 saturated carbocycles. The first-order valence-electron chi connectivity index (χ1n) is 11.1. The zero-order chi connectivity index (χ0) is 20.2. The first-order valence-corrected chi connectivity index (χ1v) is 10.1. The van der Waals surface area contributed by atoms with Crippen LogP contribution >= 0.6 is 0 Å². The summed E-state index contributed by atoms with van der Waals surface area (Å²) in [4.78, 5) is 0. The largest absolute Gasteiger partial charge is 0.486 e. The van der Waals surface area contributed by atoms with Crippen molar-refractivity contribution < 1.29 is 12.0 Å². The Hall–Kier alpha value is -2.35. The highest BCUT2D eigenvalue weighted by molar-refractivity contribution is 5.79. The number of aromatic nitrogens is 1. The molecule has 1 spiro atoms. The molecule has 27 heavy (non-hydrogen) atoms. The third kappa shape index (κ3) is 2.74. The molecule has 0 atom stereocenters. The molecule has 3 aromatic rings. The van der Waals surface area contributed by atoms with E-state index in [9.17, 15) is 0 Å².